The summed E-state index contributed by atoms with van der Waals surface area (Å²) in [7, 11) is 1.72. The summed E-state index contributed by atoms with van der Waals surface area (Å²) in [5.74, 6) is -0.322. The first-order valence-electron chi connectivity index (χ1n) is 7.76. The lowest BCUT2D eigenvalue weighted by atomic mass is 10.1. The molecular formula is C18H19F3N2O2. The van der Waals surface area contributed by atoms with Crippen LogP contribution in [0.4, 0.5) is 13.2 Å². The van der Waals surface area contributed by atoms with Gasteiger partial charge in [-0.3, -0.25) is 9.78 Å². The second-order valence-corrected chi connectivity index (χ2v) is 5.66. The number of amides is 1. The molecule has 134 valence electrons. The number of carbonyl (C=O) groups is 1. The number of aryl methyl sites for hydroxylation is 1. The minimum absolute atomic E-state index is 0.0491. The van der Waals surface area contributed by atoms with Gasteiger partial charge in [-0.05, 0) is 42.7 Å². The molecule has 2 aromatic rings. The molecule has 25 heavy (non-hydrogen) atoms. The largest absolute Gasteiger partial charge is 0.573 e. The van der Waals surface area contributed by atoms with Crippen molar-refractivity contribution in [2.24, 2.45) is 0 Å². The zero-order valence-electron chi connectivity index (χ0n) is 14.0. The van der Waals surface area contributed by atoms with Crippen LogP contribution in [0.1, 0.15) is 30.5 Å². The monoisotopic (exact) mass is 352 g/mol. The maximum Gasteiger partial charge on any atom is 0.573 e. The number of halogens is 3. The van der Waals surface area contributed by atoms with Gasteiger partial charge < -0.3 is 9.64 Å². The molecule has 1 aromatic carbocycles. The fourth-order valence-electron chi connectivity index (χ4n) is 2.35. The number of hydrogen-bond donors (Lipinski definition) is 0. The van der Waals surface area contributed by atoms with Crippen molar-refractivity contribution in [1.82, 2.24) is 9.88 Å². The number of rotatable bonds is 6. The number of ether oxygens (including phenoxy) is 1. The van der Waals surface area contributed by atoms with Gasteiger partial charge in [-0.2, -0.15) is 0 Å². The Morgan fingerprint density at radius 3 is 2.48 bits per heavy atom. The average Bonchev–Trinajstić information content (AvgIpc) is 2.59. The Bertz CT molecular complexity index is 688. The van der Waals surface area contributed by atoms with E-state index in [1.54, 1.807) is 24.3 Å². The van der Waals surface area contributed by atoms with Crippen LogP contribution in [-0.2, 0) is 11.2 Å². The molecule has 4 nitrogen and oxygen atoms in total. The van der Waals surface area contributed by atoms with Crippen molar-refractivity contribution in [2.75, 3.05) is 7.05 Å². The Morgan fingerprint density at radius 2 is 1.92 bits per heavy atom. The summed E-state index contributed by atoms with van der Waals surface area (Å²) in [6.07, 6.45) is -0.615. The summed E-state index contributed by atoms with van der Waals surface area (Å²) in [5, 5.41) is 0. The van der Waals surface area contributed by atoms with Crippen LogP contribution in [0.2, 0.25) is 0 Å². The van der Waals surface area contributed by atoms with E-state index in [-0.39, 0.29) is 24.1 Å². The van der Waals surface area contributed by atoms with E-state index in [1.807, 2.05) is 19.1 Å². The number of benzene rings is 1. The van der Waals surface area contributed by atoms with Gasteiger partial charge >= 0.3 is 6.36 Å². The first-order chi connectivity index (χ1) is 11.8. The molecule has 1 aromatic heterocycles. The standard InChI is InChI=1S/C18H19F3N2O2/c1-13(15-4-3-11-22-12-15)23(2)17(24)10-7-14-5-8-16(9-6-14)25-18(19,20)21/h3-6,8-9,11-13H,7,10H2,1-2H3. The zero-order valence-corrected chi connectivity index (χ0v) is 14.0. The van der Waals surface area contributed by atoms with Crippen LogP contribution < -0.4 is 4.74 Å². The highest BCUT2D eigenvalue weighted by Crippen LogP contribution is 2.23. The molecule has 0 saturated carbocycles. The summed E-state index contributed by atoms with van der Waals surface area (Å²) in [4.78, 5) is 18.0. The lowest BCUT2D eigenvalue weighted by Gasteiger charge is -2.25. The van der Waals surface area contributed by atoms with E-state index in [2.05, 4.69) is 9.72 Å². The molecule has 0 aliphatic heterocycles. The van der Waals surface area contributed by atoms with Crippen LogP contribution in [0.5, 0.6) is 5.75 Å². The predicted octanol–water partition coefficient (Wildman–Crippen LogP) is 4.13. The van der Waals surface area contributed by atoms with E-state index in [4.69, 9.17) is 0 Å². The van der Waals surface area contributed by atoms with E-state index in [9.17, 15) is 18.0 Å². The van der Waals surface area contributed by atoms with Crippen molar-refractivity contribution < 1.29 is 22.7 Å². The highest BCUT2D eigenvalue weighted by Gasteiger charge is 2.30. The van der Waals surface area contributed by atoms with E-state index in [0.717, 1.165) is 11.1 Å². The summed E-state index contributed by atoms with van der Waals surface area (Å²) < 4.78 is 40.2. The number of alkyl halides is 3. The molecule has 0 spiro atoms. The zero-order chi connectivity index (χ0) is 18.4. The fraction of sp³-hybridized carbons (Fsp3) is 0.333. The van der Waals surface area contributed by atoms with Crippen molar-refractivity contribution in [1.29, 1.82) is 0 Å². The number of aromatic nitrogens is 1. The number of pyridine rings is 1. The van der Waals surface area contributed by atoms with E-state index in [0.29, 0.717) is 6.42 Å². The van der Waals surface area contributed by atoms with Gasteiger partial charge in [0.1, 0.15) is 5.75 Å². The molecule has 1 heterocycles. The highest BCUT2D eigenvalue weighted by atomic mass is 19.4. The summed E-state index contributed by atoms with van der Waals surface area (Å²) in [6.45, 7) is 1.91. The maximum absolute atomic E-state index is 12.3. The van der Waals surface area contributed by atoms with Crippen molar-refractivity contribution >= 4 is 5.91 Å². The highest BCUT2D eigenvalue weighted by molar-refractivity contribution is 5.76. The van der Waals surface area contributed by atoms with Crippen LogP contribution >= 0.6 is 0 Å². The van der Waals surface area contributed by atoms with Gasteiger partial charge in [-0.25, -0.2) is 0 Å². The molecule has 2 rings (SSSR count). The number of nitrogens with zero attached hydrogens (tertiary/aromatic N) is 2. The van der Waals surface area contributed by atoms with Crippen molar-refractivity contribution in [2.45, 2.75) is 32.2 Å². The van der Waals surface area contributed by atoms with Gasteiger partial charge in [0.15, 0.2) is 0 Å². The third-order valence-corrected chi connectivity index (χ3v) is 3.93. The molecule has 0 aliphatic rings. The topological polar surface area (TPSA) is 42.4 Å². The summed E-state index contributed by atoms with van der Waals surface area (Å²) >= 11 is 0. The third kappa shape index (κ3) is 5.77. The maximum atomic E-state index is 12.3. The van der Waals surface area contributed by atoms with Gasteiger partial charge in [-0.15, -0.1) is 13.2 Å². The second kappa shape index (κ2) is 8.00. The van der Waals surface area contributed by atoms with Crippen LogP contribution in [0.15, 0.2) is 48.8 Å². The second-order valence-electron chi connectivity index (χ2n) is 5.66. The van der Waals surface area contributed by atoms with Crippen LogP contribution in [0, 0.1) is 0 Å². The lowest BCUT2D eigenvalue weighted by Crippen LogP contribution is -2.29. The molecule has 1 atom stereocenters. The number of carbonyl (C=O) groups excluding carboxylic acids is 1. The molecule has 1 amide bonds. The van der Waals surface area contributed by atoms with Crippen LogP contribution in [-0.4, -0.2) is 29.2 Å². The Hall–Kier alpha value is -2.57. The molecule has 0 aliphatic carbocycles. The summed E-state index contributed by atoms with van der Waals surface area (Å²) in [6, 6.07) is 9.15. The smallest absolute Gasteiger partial charge is 0.406 e. The van der Waals surface area contributed by atoms with Gasteiger partial charge in [0.05, 0.1) is 6.04 Å². The first kappa shape index (κ1) is 18.8. The summed E-state index contributed by atoms with van der Waals surface area (Å²) in [5.41, 5.74) is 1.71. The van der Waals surface area contributed by atoms with Gasteiger partial charge in [0, 0.05) is 25.9 Å². The van der Waals surface area contributed by atoms with E-state index < -0.39 is 6.36 Å². The minimum atomic E-state index is -4.71. The van der Waals surface area contributed by atoms with Crippen molar-refractivity contribution in [3.8, 4) is 5.75 Å². The van der Waals surface area contributed by atoms with Gasteiger partial charge in [0.2, 0.25) is 5.91 Å². The number of hydrogen-bond acceptors (Lipinski definition) is 3. The molecular weight excluding hydrogens is 333 g/mol. The van der Waals surface area contributed by atoms with Crippen LogP contribution in [0.25, 0.3) is 0 Å². The Morgan fingerprint density at radius 1 is 1.24 bits per heavy atom. The normalized spacial score (nSPS) is 12.5. The van der Waals surface area contributed by atoms with Crippen molar-refractivity contribution in [3.05, 3.63) is 59.9 Å². The first-order valence-corrected chi connectivity index (χ1v) is 7.76. The van der Waals surface area contributed by atoms with Crippen molar-refractivity contribution in [3.63, 3.8) is 0 Å². The van der Waals surface area contributed by atoms with E-state index >= 15 is 0 Å². The van der Waals surface area contributed by atoms with Gasteiger partial charge in [0.25, 0.3) is 0 Å². The fourth-order valence-corrected chi connectivity index (χ4v) is 2.35. The lowest BCUT2D eigenvalue weighted by molar-refractivity contribution is -0.274. The molecule has 0 radical (unpaired) electrons. The van der Waals surface area contributed by atoms with Crippen LogP contribution in [0.3, 0.4) is 0 Å². The molecule has 0 N–H and O–H groups in total. The van der Waals surface area contributed by atoms with Gasteiger partial charge in [-0.1, -0.05) is 18.2 Å². The minimum Gasteiger partial charge on any atom is -0.406 e. The molecule has 7 heteroatoms. The molecule has 1 unspecified atom stereocenters. The quantitative estimate of drug-likeness (QED) is 0.785. The molecule has 0 fully saturated rings. The Balaban J connectivity index is 1.89. The van der Waals surface area contributed by atoms with E-state index in [1.165, 1.54) is 24.3 Å². The molecule has 0 bridgehead atoms. The Kier molecular flexibility index (Phi) is 6.01. The third-order valence-electron chi connectivity index (χ3n) is 3.93. The predicted molar refractivity (Wildman–Crippen MR) is 86.9 cm³/mol. The SMILES string of the molecule is CC(c1cccnc1)N(C)C(=O)CCc1ccc(OC(F)(F)F)cc1. The molecule has 0 saturated heterocycles. The average molecular weight is 352 g/mol. The Labute approximate surface area is 144 Å².